The predicted molar refractivity (Wildman–Crippen MR) is 91.7 cm³/mol. The Labute approximate surface area is 132 Å². The van der Waals surface area contributed by atoms with Crippen LogP contribution in [0.3, 0.4) is 0 Å². The molecule has 0 saturated carbocycles. The number of benzene rings is 1. The second-order valence-corrected chi connectivity index (χ2v) is 5.60. The second kappa shape index (κ2) is 6.70. The molecule has 0 amide bonds. The molecule has 1 N–H and O–H groups in total. The third-order valence-electron chi connectivity index (χ3n) is 2.99. The second-order valence-electron chi connectivity index (χ2n) is 4.57. The number of rotatable bonds is 2. The highest BCUT2D eigenvalue weighted by Gasteiger charge is 2.03. The molecule has 3 nitrogen and oxygen atoms in total. The molecule has 0 bridgehead atoms. The molecule has 0 spiro atoms. The molecule has 0 unspecified atom stereocenters. The maximum atomic E-state index is 8.92. The van der Waals surface area contributed by atoms with Gasteiger partial charge >= 0.3 is 0 Å². The number of nitrogens with one attached hydrogen (secondary N) is 1. The largest absolute Gasteiger partial charge is 0.355 e. The first-order valence-electron chi connectivity index (χ1n) is 6.81. The van der Waals surface area contributed by atoms with Crippen LogP contribution in [-0.2, 0) is 0 Å². The summed E-state index contributed by atoms with van der Waals surface area (Å²) in [7, 11) is 0. The molecule has 0 aliphatic carbocycles. The standard InChI is InChI=1S/C18H13N3S/c19-13-18-21-16-11-10-15(12-17(16)22-18)20-14-8-6-4-2-1-3-5-7-9-14/h1-12,20H. The van der Waals surface area contributed by atoms with E-state index in [-0.39, 0.29) is 0 Å². The monoisotopic (exact) mass is 303 g/mol. The summed E-state index contributed by atoms with van der Waals surface area (Å²) in [5.41, 5.74) is 2.82. The van der Waals surface area contributed by atoms with E-state index in [4.69, 9.17) is 5.26 Å². The van der Waals surface area contributed by atoms with Crippen LogP contribution in [0.1, 0.15) is 5.01 Å². The predicted octanol–water partition coefficient (Wildman–Crippen LogP) is 5.04. The van der Waals surface area contributed by atoms with Crippen LogP contribution in [0.25, 0.3) is 10.2 Å². The van der Waals surface area contributed by atoms with E-state index < -0.39 is 0 Å². The summed E-state index contributed by atoms with van der Waals surface area (Å²) in [5.74, 6) is 0. The summed E-state index contributed by atoms with van der Waals surface area (Å²) in [6.07, 6.45) is 0. The van der Waals surface area contributed by atoms with Crippen molar-refractivity contribution in [2.24, 2.45) is 0 Å². The summed E-state index contributed by atoms with van der Waals surface area (Å²) in [5, 5.41) is 12.8. The Kier molecular flexibility index (Phi) is 4.28. The van der Waals surface area contributed by atoms with Gasteiger partial charge in [0.15, 0.2) is 5.01 Å². The minimum absolute atomic E-state index is 0.491. The van der Waals surface area contributed by atoms with Gasteiger partial charge in [0, 0.05) is 11.4 Å². The number of nitriles is 1. The van der Waals surface area contributed by atoms with Crippen molar-refractivity contribution in [3.05, 3.63) is 77.8 Å². The van der Waals surface area contributed by atoms with E-state index in [1.54, 1.807) is 0 Å². The molecule has 22 heavy (non-hydrogen) atoms. The van der Waals surface area contributed by atoms with E-state index in [2.05, 4.69) is 16.4 Å². The third kappa shape index (κ3) is 3.40. The molecule has 0 saturated heterocycles. The molecule has 0 atom stereocenters. The van der Waals surface area contributed by atoms with E-state index >= 15 is 0 Å². The zero-order valence-electron chi connectivity index (χ0n) is 11.7. The molecule has 3 rings (SSSR count). The summed E-state index contributed by atoms with van der Waals surface area (Å²) in [4.78, 5) is 4.24. The zero-order valence-corrected chi connectivity index (χ0v) is 12.5. The molecule has 4 heteroatoms. The number of aromatic nitrogens is 1. The van der Waals surface area contributed by atoms with Crippen LogP contribution in [0.4, 0.5) is 11.4 Å². The van der Waals surface area contributed by atoms with Crippen molar-refractivity contribution >= 4 is 32.9 Å². The normalized spacial score (nSPS) is 9.77. The lowest BCUT2D eigenvalue weighted by atomic mass is 10.2. The van der Waals surface area contributed by atoms with E-state index in [1.807, 2.05) is 72.8 Å². The lowest BCUT2D eigenvalue weighted by Crippen LogP contribution is -1.88. The van der Waals surface area contributed by atoms with Crippen molar-refractivity contribution in [3.63, 3.8) is 0 Å². The number of hydrogen-bond acceptors (Lipinski definition) is 4. The lowest BCUT2D eigenvalue weighted by molar-refractivity contribution is 1.40. The first-order chi connectivity index (χ1) is 10.8. The van der Waals surface area contributed by atoms with Crippen LogP contribution in [0.5, 0.6) is 0 Å². The van der Waals surface area contributed by atoms with E-state index in [9.17, 15) is 0 Å². The van der Waals surface area contributed by atoms with Crippen molar-refractivity contribution in [2.75, 3.05) is 5.32 Å². The van der Waals surface area contributed by atoms with Gasteiger partial charge in [-0.1, -0.05) is 42.5 Å². The fraction of sp³-hybridized carbons (Fsp3) is 0. The summed E-state index contributed by atoms with van der Waals surface area (Å²) in [6, 6.07) is 25.9. The Morgan fingerprint density at radius 1 is 0.864 bits per heavy atom. The smallest absolute Gasteiger partial charge is 0.195 e. The average molecular weight is 303 g/mol. The minimum atomic E-state index is 0.491. The van der Waals surface area contributed by atoms with Crippen LogP contribution in [-0.4, -0.2) is 4.98 Å². The Bertz CT molecular complexity index is 867. The van der Waals surface area contributed by atoms with Gasteiger partial charge < -0.3 is 5.32 Å². The number of thiazole rings is 1. The number of hydrogen-bond donors (Lipinski definition) is 1. The maximum absolute atomic E-state index is 8.92. The van der Waals surface area contributed by atoms with E-state index in [1.165, 1.54) is 11.3 Å². The first kappa shape index (κ1) is 14.1. The van der Waals surface area contributed by atoms with Crippen molar-refractivity contribution in [1.82, 2.24) is 4.98 Å². The van der Waals surface area contributed by atoms with Gasteiger partial charge in [0.25, 0.3) is 0 Å². The van der Waals surface area contributed by atoms with E-state index in [0.717, 1.165) is 21.6 Å². The molecule has 3 aromatic rings. The molecule has 1 aromatic heterocycles. The van der Waals surface area contributed by atoms with Gasteiger partial charge in [-0.25, -0.2) is 4.98 Å². The van der Waals surface area contributed by atoms with Gasteiger partial charge in [0.05, 0.1) is 10.2 Å². The van der Waals surface area contributed by atoms with Crippen molar-refractivity contribution in [1.29, 1.82) is 5.26 Å². The van der Waals surface area contributed by atoms with Gasteiger partial charge in [-0.15, -0.1) is 11.3 Å². The molecule has 2 aromatic carbocycles. The zero-order chi connectivity index (χ0) is 15.2. The minimum Gasteiger partial charge on any atom is -0.355 e. The quantitative estimate of drug-likeness (QED) is 0.721. The molecular formula is C18H13N3S. The molecule has 0 aliphatic rings. The van der Waals surface area contributed by atoms with Crippen LogP contribution in [0.2, 0.25) is 0 Å². The molecular weight excluding hydrogens is 290 g/mol. The highest BCUT2D eigenvalue weighted by atomic mass is 32.1. The highest BCUT2D eigenvalue weighted by Crippen LogP contribution is 2.26. The molecule has 1 heterocycles. The Hall–Kier alpha value is -2.90. The average Bonchev–Trinajstić information content (AvgIpc) is 2.96. The van der Waals surface area contributed by atoms with Crippen molar-refractivity contribution in [3.8, 4) is 6.07 Å². The summed E-state index contributed by atoms with van der Waals surface area (Å²) < 4.78 is 1.00. The molecule has 0 aliphatic heterocycles. The van der Waals surface area contributed by atoms with Crippen LogP contribution in [0, 0.1) is 11.3 Å². The SMILES string of the molecule is N#Cc1nc2ccc(Nc3ccccccccc3)cc2s1. The Morgan fingerprint density at radius 3 is 2.23 bits per heavy atom. The molecule has 0 radical (unpaired) electrons. The summed E-state index contributed by atoms with van der Waals surface area (Å²) in [6.45, 7) is 0. The fourth-order valence-corrected chi connectivity index (χ4v) is 2.80. The molecule has 106 valence electrons. The van der Waals surface area contributed by atoms with Gasteiger partial charge in [-0.05, 0) is 30.3 Å². The van der Waals surface area contributed by atoms with Crippen LogP contribution in [0.15, 0.2) is 72.8 Å². The summed E-state index contributed by atoms with van der Waals surface area (Å²) >= 11 is 1.40. The Morgan fingerprint density at radius 2 is 1.55 bits per heavy atom. The number of fused-ring (bicyclic) bond motifs is 1. The number of nitrogens with zero attached hydrogens (tertiary/aromatic N) is 2. The fourth-order valence-electron chi connectivity index (χ4n) is 1.99. The highest BCUT2D eigenvalue weighted by molar-refractivity contribution is 7.19. The van der Waals surface area contributed by atoms with Gasteiger partial charge in [-0.2, -0.15) is 5.26 Å². The lowest BCUT2D eigenvalue weighted by Gasteiger charge is -2.04. The third-order valence-corrected chi connectivity index (χ3v) is 3.91. The maximum Gasteiger partial charge on any atom is 0.195 e. The van der Waals surface area contributed by atoms with E-state index in [0.29, 0.717) is 5.01 Å². The first-order valence-corrected chi connectivity index (χ1v) is 7.63. The topological polar surface area (TPSA) is 48.7 Å². The Balaban J connectivity index is 1.94. The van der Waals surface area contributed by atoms with Gasteiger partial charge in [-0.3, -0.25) is 0 Å². The van der Waals surface area contributed by atoms with Crippen molar-refractivity contribution < 1.29 is 0 Å². The van der Waals surface area contributed by atoms with Gasteiger partial charge in [0.1, 0.15) is 6.07 Å². The van der Waals surface area contributed by atoms with Crippen molar-refractivity contribution in [2.45, 2.75) is 0 Å². The number of anilines is 2. The van der Waals surface area contributed by atoms with Crippen LogP contribution < -0.4 is 5.32 Å². The molecule has 0 fully saturated rings. The van der Waals surface area contributed by atoms with Gasteiger partial charge in [0.2, 0.25) is 0 Å². The van der Waals surface area contributed by atoms with Crippen LogP contribution >= 0.6 is 11.3 Å².